The molecule has 1 amide bonds. The fourth-order valence-electron chi connectivity index (χ4n) is 4.25. The van der Waals surface area contributed by atoms with Crippen molar-refractivity contribution in [3.8, 4) is 0 Å². The first-order valence-corrected chi connectivity index (χ1v) is 12.6. The third-order valence-corrected chi connectivity index (χ3v) is 7.84. The minimum atomic E-state index is -3.86. The highest BCUT2D eigenvalue weighted by Crippen LogP contribution is 2.28. The molecule has 3 aromatic rings. The van der Waals surface area contributed by atoms with E-state index in [1.165, 1.54) is 4.31 Å². The van der Waals surface area contributed by atoms with Gasteiger partial charge in [0.25, 0.3) is 0 Å². The number of amides is 1. The molecule has 1 aromatic heterocycles. The zero-order valence-electron chi connectivity index (χ0n) is 18.5. The van der Waals surface area contributed by atoms with E-state index in [0.717, 1.165) is 49.0 Å². The molecule has 1 fully saturated rings. The summed E-state index contributed by atoms with van der Waals surface area (Å²) < 4.78 is 30.2. The number of benzene rings is 2. The van der Waals surface area contributed by atoms with E-state index in [1.807, 2.05) is 38.1 Å². The Labute approximate surface area is 188 Å². The quantitative estimate of drug-likeness (QED) is 0.587. The van der Waals surface area contributed by atoms with Crippen LogP contribution in [0.1, 0.15) is 45.1 Å². The first kappa shape index (κ1) is 22.4. The average Bonchev–Trinajstić information content (AvgIpc) is 3.22. The van der Waals surface area contributed by atoms with E-state index in [1.54, 1.807) is 22.9 Å². The zero-order chi connectivity index (χ0) is 22.7. The highest BCUT2D eigenvalue weighted by molar-refractivity contribution is 7.89. The van der Waals surface area contributed by atoms with Crippen LogP contribution in [-0.2, 0) is 27.8 Å². The third-order valence-electron chi connectivity index (χ3n) is 5.94. The van der Waals surface area contributed by atoms with Crippen LogP contribution in [0.25, 0.3) is 11.0 Å². The Morgan fingerprint density at radius 1 is 1.16 bits per heavy atom. The molecule has 9 heteroatoms. The van der Waals surface area contributed by atoms with Gasteiger partial charge in [-0.1, -0.05) is 43.7 Å². The molecule has 1 aliphatic heterocycles. The van der Waals surface area contributed by atoms with Gasteiger partial charge in [0.05, 0.1) is 10.4 Å². The Morgan fingerprint density at radius 3 is 2.75 bits per heavy atom. The van der Waals surface area contributed by atoms with Gasteiger partial charge >= 0.3 is 0 Å². The van der Waals surface area contributed by atoms with Crippen molar-refractivity contribution in [2.75, 3.05) is 11.9 Å². The van der Waals surface area contributed by atoms with E-state index in [0.29, 0.717) is 18.5 Å². The zero-order valence-corrected chi connectivity index (χ0v) is 19.3. The number of aryl methyl sites for hydroxylation is 2. The van der Waals surface area contributed by atoms with Gasteiger partial charge in [-0.15, -0.1) is 5.10 Å². The van der Waals surface area contributed by atoms with Gasteiger partial charge in [-0.2, -0.15) is 4.31 Å². The molecule has 0 aliphatic carbocycles. The van der Waals surface area contributed by atoms with Crippen molar-refractivity contribution in [1.29, 1.82) is 0 Å². The first-order chi connectivity index (χ1) is 15.5. The van der Waals surface area contributed by atoms with Crippen molar-refractivity contribution in [3.63, 3.8) is 0 Å². The normalized spacial score (nSPS) is 17.5. The number of carbonyl (C=O) groups excluding carboxylic acids is 1. The van der Waals surface area contributed by atoms with Gasteiger partial charge < -0.3 is 5.32 Å². The van der Waals surface area contributed by atoms with Gasteiger partial charge in [0.1, 0.15) is 11.6 Å². The fourth-order valence-corrected chi connectivity index (χ4v) is 5.92. The molecule has 4 rings (SSSR count). The number of nitrogens with one attached hydrogen (secondary N) is 1. The highest BCUT2D eigenvalue weighted by atomic mass is 32.2. The lowest BCUT2D eigenvalue weighted by Gasteiger charge is -2.33. The number of carbonyl (C=O) groups is 1. The monoisotopic (exact) mass is 455 g/mol. The van der Waals surface area contributed by atoms with Crippen LogP contribution in [0.15, 0.2) is 47.4 Å². The van der Waals surface area contributed by atoms with E-state index in [-0.39, 0.29) is 10.8 Å². The summed E-state index contributed by atoms with van der Waals surface area (Å²) >= 11 is 0. The van der Waals surface area contributed by atoms with Crippen LogP contribution in [0.5, 0.6) is 0 Å². The second-order valence-electron chi connectivity index (χ2n) is 8.09. The molecule has 8 nitrogen and oxygen atoms in total. The predicted molar refractivity (Wildman–Crippen MR) is 124 cm³/mol. The topological polar surface area (TPSA) is 97.2 Å². The molecule has 1 N–H and O–H groups in total. The number of nitrogens with zero attached hydrogens (tertiary/aromatic N) is 4. The number of fused-ring (bicyclic) bond motifs is 1. The fraction of sp³-hybridized carbons (Fsp3) is 0.435. The summed E-state index contributed by atoms with van der Waals surface area (Å²) in [6.07, 6.45) is 3.72. The van der Waals surface area contributed by atoms with Gasteiger partial charge in [0, 0.05) is 18.8 Å². The van der Waals surface area contributed by atoms with Gasteiger partial charge in [-0.05, 0) is 55.5 Å². The number of rotatable bonds is 7. The van der Waals surface area contributed by atoms with E-state index < -0.39 is 16.1 Å². The largest absolute Gasteiger partial charge is 0.324 e. The number of piperidine rings is 1. The maximum absolute atomic E-state index is 13.5. The first-order valence-electron chi connectivity index (χ1n) is 11.2. The molecule has 1 unspecified atom stereocenters. The molecule has 32 heavy (non-hydrogen) atoms. The number of hydrogen-bond acceptors (Lipinski definition) is 5. The molecule has 170 valence electrons. The summed E-state index contributed by atoms with van der Waals surface area (Å²) in [5, 5.41) is 11.2. The Morgan fingerprint density at radius 2 is 1.97 bits per heavy atom. The van der Waals surface area contributed by atoms with Crippen molar-refractivity contribution >= 4 is 32.7 Å². The standard InChI is InChI=1S/C23H29N5O3S/c1-3-14-27-21-13-12-18(16-20(21)25-26-27)32(30,31)28-15-8-7-11-22(28)23(29)24-19-10-6-5-9-17(19)4-2/h5-6,9-10,12-13,16,22H,3-4,7-8,11,14-15H2,1-2H3,(H,24,29). The van der Waals surface area contributed by atoms with Crippen LogP contribution < -0.4 is 5.32 Å². The molecule has 0 bridgehead atoms. The van der Waals surface area contributed by atoms with Gasteiger partial charge in [-0.25, -0.2) is 13.1 Å². The molecule has 1 saturated heterocycles. The van der Waals surface area contributed by atoms with E-state index in [9.17, 15) is 13.2 Å². The Bertz CT molecular complexity index is 1220. The molecule has 1 aliphatic rings. The van der Waals surface area contributed by atoms with Gasteiger partial charge in [0.2, 0.25) is 15.9 Å². The second kappa shape index (κ2) is 9.38. The Kier molecular flexibility index (Phi) is 6.57. The summed E-state index contributed by atoms with van der Waals surface area (Å²) in [6, 6.07) is 11.8. The lowest BCUT2D eigenvalue weighted by atomic mass is 10.0. The van der Waals surface area contributed by atoms with E-state index in [4.69, 9.17) is 0 Å². The van der Waals surface area contributed by atoms with Gasteiger partial charge in [-0.3, -0.25) is 4.79 Å². The molecule has 0 saturated carbocycles. The molecule has 0 radical (unpaired) electrons. The number of sulfonamides is 1. The number of para-hydroxylation sites is 1. The van der Waals surface area contributed by atoms with Crippen molar-refractivity contribution in [2.45, 2.75) is 63.4 Å². The van der Waals surface area contributed by atoms with Crippen LogP contribution >= 0.6 is 0 Å². The number of aromatic nitrogens is 3. The maximum atomic E-state index is 13.5. The smallest absolute Gasteiger partial charge is 0.243 e. The SMILES string of the molecule is CCCn1nnc2cc(S(=O)(=O)N3CCCCC3C(=O)Nc3ccccc3CC)ccc21. The van der Waals surface area contributed by atoms with E-state index >= 15 is 0 Å². The molecule has 0 spiro atoms. The van der Waals surface area contributed by atoms with Crippen LogP contribution in [0.4, 0.5) is 5.69 Å². The number of anilines is 1. The van der Waals surface area contributed by atoms with Crippen LogP contribution in [0, 0.1) is 0 Å². The summed E-state index contributed by atoms with van der Waals surface area (Å²) in [5.74, 6) is -0.288. The minimum Gasteiger partial charge on any atom is -0.324 e. The summed E-state index contributed by atoms with van der Waals surface area (Å²) in [5.41, 5.74) is 3.09. The van der Waals surface area contributed by atoms with Gasteiger partial charge in [0.15, 0.2) is 0 Å². The Balaban J connectivity index is 1.62. The van der Waals surface area contributed by atoms with Crippen LogP contribution in [0.2, 0.25) is 0 Å². The van der Waals surface area contributed by atoms with Crippen molar-refractivity contribution in [3.05, 3.63) is 48.0 Å². The lowest BCUT2D eigenvalue weighted by molar-refractivity contribution is -0.120. The third kappa shape index (κ3) is 4.27. The van der Waals surface area contributed by atoms with Crippen molar-refractivity contribution < 1.29 is 13.2 Å². The molecular weight excluding hydrogens is 426 g/mol. The second-order valence-corrected chi connectivity index (χ2v) is 9.98. The number of hydrogen-bond donors (Lipinski definition) is 1. The summed E-state index contributed by atoms with van der Waals surface area (Å²) in [7, 11) is -3.86. The average molecular weight is 456 g/mol. The minimum absolute atomic E-state index is 0.141. The molecular formula is C23H29N5O3S. The highest BCUT2D eigenvalue weighted by Gasteiger charge is 2.38. The Hall–Kier alpha value is -2.78. The summed E-state index contributed by atoms with van der Waals surface area (Å²) in [4.78, 5) is 13.3. The molecule has 2 heterocycles. The summed E-state index contributed by atoms with van der Waals surface area (Å²) in [6.45, 7) is 5.11. The molecule has 2 aromatic carbocycles. The van der Waals surface area contributed by atoms with E-state index in [2.05, 4.69) is 15.6 Å². The lowest BCUT2D eigenvalue weighted by Crippen LogP contribution is -2.49. The van der Waals surface area contributed by atoms with Crippen molar-refractivity contribution in [2.24, 2.45) is 0 Å². The van der Waals surface area contributed by atoms with Crippen LogP contribution in [0.3, 0.4) is 0 Å². The van der Waals surface area contributed by atoms with Crippen molar-refractivity contribution in [1.82, 2.24) is 19.3 Å². The predicted octanol–water partition coefficient (Wildman–Crippen LogP) is 3.59. The molecule has 1 atom stereocenters. The van der Waals surface area contributed by atoms with Crippen LogP contribution in [-0.4, -0.2) is 46.2 Å². The maximum Gasteiger partial charge on any atom is 0.243 e.